The zero-order valence-corrected chi connectivity index (χ0v) is 18.3. The second-order valence-corrected chi connectivity index (χ2v) is 7.34. The Hall–Kier alpha value is -1.77. The summed E-state index contributed by atoms with van der Waals surface area (Å²) in [6.45, 7) is 4.46. The number of benzene rings is 1. The second kappa shape index (κ2) is 16.2. The third kappa shape index (κ3) is 9.96. The van der Waals surface area contributed by atoms with E-state index in [0.717, 1.165) is 18.4 Å². The maximum atomic E-state index is 12.3. The lowest BCUT2D eigenvalue weighted by Crippen LogP contribution is -2.10. The van der Waals surface area contributed by atoms with Gasteiger partial charge in [-0.1, -0.05) is 69.7 Å². The van der Waals surface area contributed by atoms with Crippen LogP contribution in [0.15, 0.2) is 30.4 Å². The number of unbranched alkanes of at least 4 members (excludes halogenated alkanes) is 9. The van der Waals surface area contributed by atoms with Crippen LogP contribution in [-0.2, 0) is 11.2 Å². The minimum absolute atomic E-state index is 0.281. The van der Waals surface area contributed by atoms with Gasteiger partial charge in [-0.2, -0.15) is 0 Å². The average molecular weight is 389 g/mol. The third-order valence-corrected chi connectivity index (χ3v) is 5.02. The third-order valence-electron chi connectivity index (χ3n) is 5.02. The van der Waals surface area contributed by atoms with Crippen LogP contribution in [0.2, 0.25) is 0 Å². The van der Waals surface area contributed by atoms with Crippen molar-refractivity contribution in [2.75, 3.05) is 13.7 Å². The number of ether oxygens (including phenoxy) is 2. The summed E-state index contributed by atoms with van der Waals surface area (Å²) in [6, 6.07) is 5.79. The van der Waals surface area contributed by atoms with E-state index in [4.69, 9.17) is 9.47 Å². The van der Waals surface area contributed by atoms with Gasteiger partial charge in [-0.05, 0) is 57.1 Å². The molecular weight excluding hydrogens is 348 g/mol. The molecule has 0 aromatic heterocycles. The Morgan fingerprint density at radius 3 is 2.18 bits per heavy atom. The molecule has 0 aliphatic rings. The fraction of sp³-hybridized carbons (Fsp3) is 0.640. The Kier molecular flexibility index (Phi) is 14.0. The maximum absolute atomic E-state index is 12.3. The van der Waals surface area contributed by atoms with Gasteiger partial charge in [-0.25, -0.2) is 4.79 Å². The van der Waals surface area contributed by atoms with E-state index in [1.807, 2.05) is 25.1 Å². The van der Waals surface area contributed by atoms with Gasteiger partial charge in [0.25, 0.3) is 0 Å². The number of carbonyl (C=O) groups excluding carboxylic acids is 1. The molecule has 0 saturated heterocycles. The highest BCUT2D eigenvalue weighted by atomic mass is 16.5. The predicted molar refractivity (Wildman–Crippen MR) is 118 cm³/mol. The molecule has 1 aromatic carbocycles. The minimum atomic E-state index is -0.281. The normalized spacial score (nSPS) is 11.1. The molecule has 0 spiro atoms. The van der Waals surface area contributed by atoms with Crippen LogP contribution in [0.5, 0.6) is 5.75 Å². The molecule has 0 atom stereocenters. The van der Waals surface area contributed by atoms with E-state index in [2.05, 4.69) is 19.1 Å². The fourth-order valence-electron chi connectivity index (χ4n) is 3.42. The fourth-order valence-corrected chi connectivity index (χ4v) is 3.42. The van der Waals surface area contributed by atoms with Crippen LogP contribution in [0.4, 0.5) is 0 Å². The molecule has 0 N–H and O–H groups in total. The van der Waals surface area contributed by atoms with Crippen LogP contribution in [0.1, 0.15) is 100 Å². The van der Waals surface area contributed by atoms with Crippen LogP contribution in [0.25, 0.3) is 0 Å². The first-order valence-electron chi connectivity index (χ1n) is 11.2. The Labute approximate surface area is 172 Å². The van der Waals surface area contributed by atoms with Crippen molar-refractivity contribution in [2.24, 2.45) is 0 Å². The summed E-state index contributed by atoms with van der Waals surface area (Å²) in [6.07, 6.45) is 19.5. The van der Waals surface area contributed by atoms with E-state index in [0.29, 0.717) is 17.9 Å². The smallest absolute Gasteiger partial charge is 0.342 e. The summed E-state index contributed by atoms with van der Waals surface area (Å²) >= 11 is 0. The first kappa shape index (κ1) is 24.3. The van der Waals surface area contributed by atoms with Crippen LogP contribution >= 0.6 is 0 Å². The molecule has 1 rings (SSSR count). The first-order valence-corrected chi connectivity index (χ1v) is 11.2. The molecule has 0 fully saturated rings. The molecule has 0 heterocycles. The Morgan fingerprint density at radius 2 is 1.54 bits per heavy atom. The van der Waals surface area contributed by atoms with Crippen LogP contribution in [-0.4, -0.2) is 19.7 Å². The van der Waals surface area contributed by atoms with E-state index >= 15 is 0 Å². The molecule has 28 heavy (non-hydrogen) atoms. The van der Waals surface area contributed by atoms with Gasteiger partial charge in [0.05, 0.1) is 13.7 Å². The molecule has 0 bridgehead atoms. The zero-order chi connectivity index (χ0) is 20.5. The van der Waals surface area contributed by atoms with E-state index in [1.54, 1.807) is 7.11 Å². The largest absolute Gasteiger partial charge is 0.496 e. The lowest BCUT2D eigenvalue weighted by molar-refractivity contribution is 0.0521. The molecule has 3 heteroatoms. The quantitative estimate of drug-likeness (QED) is 0.169. The summed E-state index contributed by atoms with van der Waals surface area (Å²) < 4.78 is 10.6. The number of hydrogen-bond acceptors (Lipinski definition) is 3. The van der Waals surface area contributed by atoms with E-state index < -0.39 is 0 Å². The highest BCUT2D eigenvalue weighted by Gasteiger charge is 2.17. The van der Waals surface area contributed by atoms with Crippen molar-refractivity contribution in [3.05, 3.63) is 41.5 Å². The van der Waals surface area contributed by atoms with E-state index in [1.165, 1.54) is 64.2 Å². The van der Waals surface area contributed by atoms with Gasteiger partial charge < -0.3 is 9.47 Å². The van der Waals surface area contributed by atoms with Gasteiger partial charge in [0.15, 0.2) is 0 Å². The van der Waals surface area contributed by atoms with Crippen LogP contribution in [0, 0.1) is 0 Å². The number of hydrogen-bond donors (Lipinski definition) is 0. The molecule has 1 aromatic rings. The van der Waals surface area contributed by atoms with Crippen molar-refractivity contribution < 1.29 is 14.3 Å². The minimum Gasteiger partial charge on any atom is -0.496 e. The SMILES string of the molecule is CCCCCC/C=C\CCCCCCCc1cccc(OC)c1C(=O)OCC. The number of methoxy groups -OCH3 is 1. The summed E-state index contributed by atoms with van der Waals surface area (Å²) in [5.41, 5.74) is 1.62. The van der Waals surface area contributed by atoms with Crippen molar-refractivity contribution >= 4 is 5.97 Å². The lowest BCUT2D eigenvalue weighted by atomic mass is 9.99. The highest BCUT2D eigenvalue weighted by Crippen LogP contribution is 2.25. The molecular formula is C25H40O3. The molecule has 0 unspecified atom stereocenters. The van der Waals surface area contributed by atoms with E-state index in [-0.39, 0.29) is 5.97 Å². The van der Waals surface area contributed by atoms with Crippen molar-refractivity contribution in [1.29, 1.82) is 0 Å². The van der Waals surface area contributed by atoms with Crippen molar-refractivity contribution in [3.63, 3.8) is 0 Å². The first-order chi connectivity index (χ1) is 13.7. The summed E-state index contributed by atoms with van der Waals surface area (Å²) in [4.78, 5) is 12.3. The van der Waals surface area contributed by atoms with Gasteiger partial charge >= 0.3 is 5.97 Å². The van der Waals surface area contributed by atoms with Crippen molar-refractivity contribution in [2.45, 2.75) is 90.9 Å². The predicted octanol–water partition coefficient (Wildman–Crippen LogP) is 7.28. The summed E-state index contributed by atoms with van der Waals surface area (Å²) in [7, 11) is 1.60. The summed E-state index contributed by atoms with van der Waals surface area (Å²) in [5, 5.41) is 0. The number of rotatable bonds is 16. The zero-order valence-electron chi connectivity index (χ0n) is 18.3. The monoisotopic (exact) mass is 388 g/mol. The Balaban J connectivity index is 2.23. The molecule has 0 aliphatic heterocycles. The number of esters is 1. The standard InChI is InChI=1S/C25H40O3/c1-4-6-7-8-9-10-11-12-13-14-15-16-17-19-22-20-18-21-23(27-3)24(22)25(26)28-5-2/h10-11,18,20-21H,4-9,12-17,19H2,1-3H3/b11-10-. The molecule has 0 saturated carbocycles. The molecule has 0 amide bonds. The Bertz CT molecular complexity index is 563. The maximum Gasteiger partial charge on any atom is 0.342 e. The Morgan fingerprint density at radius 1 is 0.893 bits per heavy atom. The molecule has 158 valence electrons. The van der Waals surface area contributed by atoms with Crippen LogP contribution < -0.4 is 4.74 Å². The topological polar surface area (TPSA) is 35.5 Å². The van der Waals surface area contributed by atoms with Crippen molar-refractivity contribution in [1.82, 2.24) is 0 Å². The number of allylic oxidation sites excluding steroid dienone is 2. The molecule has 3 nitrogen and oxygen atoms in total. The number of carbonyl (C=O) groups is 1. The van der Waals surface area contributed by atoms with Gasteiger partial charge in [-0.3, -0.25) is 0 Å². The second-order valence-electron chi connectivity index (χ2n) is 7.34. The van der Waals surface area contributed by atoms with Gasteiger partial charge in [0.1, 0.15) is 11.3 Å². The van der Waals surface area contributed by atoms with Gasteiger partial charge in [-0.15, -0.1) is 0 Å². The molecule has 0 aliphatic carbocycles. The summed E-state index contributed by atoms with van der Waals surface area (Å²) in [5.74, 6) is 0.328. The molecule has 0 radical (unpaired) electrons. The highest BCUT2D eigenvalue weighted by molar-refractivity contribution is 5.94. The average Bonchev–Trinajstić information content (AvgIpc) is 2.71. The number of aryl methyl sites for hydroxylation is 1. The van der Waals surface area contributed by atoms with Gasteiger partial charge in [0, 0.05) is 0 Å². The van der Waals surface area contributed by atoms with E-state index in [9.17, 15) is 4.79 Å². The van der Waals surface area contributed by atoms with Gasteiger partial charge in [0.2, 0.25) is 0 Å². The lowest BCUT2D eigenvalue weighted by Gasteiger charge is -2.13. The van der Waals surface area contributed by atoms with Crippen molar-refractivity contribution in [3.8, 4) is 5.75 Å². The van der Waals surface area contributed by atoms with Crippen LogP contribution in [0.3, 0.4) is 0 Å².